The molecule has 0 N–H and O–H groups in total. The molecule has 0 amide bonds. The zero-order valence-electron chi connectivity index (χ0n) is 8.44. The molecule has 1 fully saturated rings. The molecule has 0 radical (unpaired) electrons. The van der Waals surface area contributed by atoms with E-state index in [0.717, 1.165) is 18.8 Å². The van der Waals surface area contributed by atoms with Crippen LogP contribution in [0.1, 0.15) is 19.3 Å². The Hall–Kier alpha value is -1.32. The van der Waals surface area contributed by atoms with Crippen molar-refractivity contribution in [2.75, 3.05) is 25.1 Å². The summed E-state index contributed by atoms with van der Waals surface area (Å²) < 4.78 is 5.05. The number of hydrogen-bond donors (Lipinski definition) is 0. The van der Waals surface area contributed by atoms with Crippen LogP contribution in [0.25, 0.3) is 0 Å². The Kier molecular flexibility index (Phi) is 2.81. The minimum absolute atomic E-state index is 0.591. The minimum atomic E-state index is 0.591. The average molecular weight is 193 g/mol. The van der Waals surface area contributed by atoms with Gasteiger partial charge in [-0.15, -0.1) is 5.10 Å². The zero-order valence-corrected chi connectivity index (χ0v) is 8.44. The first-order chi connectivity index (χ1) is 6.90. The van der Waals surface area contributed by atoms with E-state index in [0.29, 0.717) is 5.88 Å². The van der Waals surface area contributed by atoms with Crippen LogP contribution >= 0.6 is 0 Å². The van der Waals surface area contributed by atoms with Crippen molar-refractivity contribution in [1.29, 1.82) is 0 Å². The second kappa shape index (κ2) is 4.26. The maximum atomic E-state index is 5.05. The van der Waals surface area contributed by atoms with E-state index in [1.54, 1.807) is 13.3 Å². The summed E-state index contributed by atoms with van der Waals surface area (Å²) in [5, 5.41) is 7.77. The van der Waals surface area contributed by atoms with Crippen LogP contribution in [-0.4, -0.2) is 30.4 Å². The zero-order chi connectivity index (χ0) is 9.80. The van der Waals surface area contributed by atoms with Gasteiger partial charge in [-0.1, -0.05) is 0 Å². The maximum absolute atomic E-state index is 5.05. The van der Waals surface area contributed by atoms with Crippen LogP contribution in [-0.2, 0) is 0 Å². The lowest BCUT2D eigenvalue weighted by Crippen LogP contribution is -2.29. The average Bonchev–Trinajstić information content (AvgIpc) is 2.30. The largest absolute Gasteiger partial charge is 0.480 e. The highest BCUT2D eigenvalue weighted by Crippen LogP contribution is 2.20. The highest BCUT2D eigenvalue weighted by atomic mass is 16.5. The summed E-state index contributed by atoms with van der Waals surface area (Å²) in [4.78, 5) is 2.33. The van der Waals surface area contributed by atoms with Gasteiger partial charge in [-0.3, -0.25) is 0 Å². The van der Waals surface area contributed by atoms with Crippen LogP contribution in [0.2, 0.25) is 0 Å². The fourth-order valence-electron chi connectivity index (χ4n) is 1.76. The van der Waals surface area contributed by atoms with Crippen molar-refractivity contribution in [3.63, 3.8) is 0 Å². The molecule has 1 aliphatic heterocycles. The van der Waals surface area contributed by atoms with Crippen LogP contribution in [0, 0.1) is 0 Å². The number of aromatic nitrogens is 2. The van der Waals surface area contributed by atoms with Gasteiger partial charge in [-0.25, -0.2) is 0 Å². The third kappa shape index (κ3) is 1.95. The Labute approximate surface area is 83.9 Å². The first-order valence-corrected chi connectivity index (χ1v) is 5.02. The van der Waals surface area contributed by atoms with Crippen molar-refractivity contribution < 1.29 is 4.74 Å². The summed E-state index contributed by atoms with van der Waals surface area (Å²) in [5.41, 5.74) is 1.12. The first-order valence-electron chi connectivity index (χ1n) is 5.02. The van der Waals surface area contributed by atoms with Gasteiger partial charge in [0, 0.05) is 19.2 Å². The molecule has 0 atom stereocenters. The van der Waals surface area contributed by atoms with Crippen molar-refractivity contribution in [3.05, 3.63) is 12.3 Å². The molecular formula is C10H15N3O. The SMILES string of the molecule is COc1cc(N2CCCCC2)cnn1. The first kappa shape index (κ1) is 9.24. The molecule has 0 bridgehead atoms. The molecule has 1 aromatic rings. The monoisotopic (exact) mass is 193 g/mol. The van der Waals surface area contributed by atoms with E-state index in [1.807, 2.05) is 6.07 Å². The van der Waals surface area contributed by atoms with Crippen LogP contribution in [0.4, 0.5) is 5.69 Å². The Morgan fingerprint density at radius 2 is 2.07 bits per heavy atom. The standard InChI is InChI=1S/C10H15N3O/c1-14-10-7-9(8-11-12-10)13-5-3-2-4-6-13/h7-8H,2-6H2,1H3. The molecule has 14 heavy (non-hydrogen) atoms. The highest BCUT2D eigenvalue weighted by Gasteiger charge is 2.11. The van der Waals surface area contributed by atoms with Crippen LogP contribution in [0.5, 0.6) is 5.88 Å². The van der Waals surface area contributed by atoms with Crippen LogP contribution in [0.3, 0.4) is 0 Å². The molecule has 1 saturated heterocycles. The van der Waals surface area contributed by atoms with E-state index in [2.05, 4.69) is 15.1 Å². The van der Waals surface area contributed by atoms with Crippen molar-refractivity contribution in [2.24, 2.45) is 0 Å². The number of anilines is 1. The summed E-state index contributed by atoms with van der Waals surface area (Å²) in [6, 6.07) is 1.94. The van der Waals surface area contributed by atoms with Gasteiger partial charge in [-0.05, 0) is 19.3 Å². The lowest BCUT2D eigenvalue weighted by Gasteiger charge is -2.28. The smallest absolute Gasteiger partial charge is 0.235 e. The second-order valence-electron chi connectivity index (χ2n) is 3.50. The predicted molar refractivity (Wildman–Crippen MR) is 54.6 cm³/mol. The van der Waals surface area contributed by atoms with Gasteiger partial charge >= 0.3 is 0 Å². The van der Waals surface area contributed by atoms with Gasteiger partial charge < -0.3 is 9.64 Å². The lowest BCUT2D eigenvalue weighted by atomic mass is 10.1. The summed E-state index contributed by atoms with van der Waals surface area (Å²) in [7, 11) is 1.62. The van der Waals surface area contributed by atoms with E-state index in [4.69, 9.17) is 4.74 Å². The summed E-state index contributed by atoms with van der Waals surface area (Å²) in [5.74, 6) is 0.591. The van der Waals surface area contributed by atoms with Crippen molar-refractivity contribution in [3.8, 4) is 5.88 Å². The third-order valence-corrected chi connectivity index (χ3v) is 2.55. The Morgan fingerprint density at radius 1 is 1.29 bits per heavy atom. The van der Waals surface area contributed by atoms with E-state index in [-0.39, 0.29) is 0 Å². The number of methoxy groups -OCH3 is 1. The Balaban J connectivity index is 2.13. The number of ether oxygens (including phenoxy) is 1. The van der Waals surface area contributed by atoms with Crippen LogP contribution < -0.4 is 9.64 Å². The quantitative estimate of drug-likeness (QED) is 0.713. The van der Waals surface area contributed by atoms with E-state index < -0.39 is 0 Å². The molecule has 1 aliphatic rings. The van der Waals surface area contributed by atoms with Gasteiger partial charge in [0.1, 0.15) is 0 Å². The maximum Gasteiger partial charge on any atom is 0.235 e. The van der Waals surface area contributed by atoms with Gasteiger partial charge in [0.15, 0.2) is 0 Å². The predicted octanol–water partition coefficient (Wildman–Crippen LogP) is 1.48. The van der Waals surface area contributed by atoms with E-state index >= 15 is 0 Å². The number of hydrogen-bond acceptors (Lipinski definition) is 4. The van der Waals surface area contributed by atoms with Gasteiger partial charge in [0.25, 0.3) is 0 Å². The van der Waals surface area contributed by atoms with Crippen molar-refractivity contribution in [2.45, 2.75) is 19.3 Å². The summed E-state index contributed by atoms with van der Waals surface area (Å²) in [6.45, 7) is 2.24. The molecule has 0 aromatic carbocycles. The third-order valence-electron chi connectivity index (χ3n) is 2.55. The second-order valence-corrected chi connectivity index (χ2v) is 3.50. The van der Waals surface area contributed by atoms with Crippen LogP contribution in [0.15, 0.2) is 12.3 Å². The molecule has 0 saturated carbocycles. The topological polar surface area (TPSA) is 38.2 Å². The summed E-state index contributed by atoms with van der Waals surface area (Å²) >= 11 is 0. The van der Waals surface area contributed by atoms with Crippen molar-refractivity contribution >= 4 is 5.69 Å². The molecule has 0 aliphatic carbocycles. The fraction of sp³-hybridized carbons (Fsp3) is 0.600. The van der Waals surface area contributed by atoms with Gasteiger partial charge in [0.2, 0.25) is 5.88 Å². The highest BCUT2D eigenvalue weighted by molar-refractivity contribution is 5.46. The molecule has 1 aromatic heterocycles. The summed E-state index contributed by atoms with van der Waals surface area (Å²) in [6.07, 6.45) is 5.68. The molecule has 0 unspecified atom stereocenters. The normalized spacial score (nSPS) is 16.8. The molecule has 0 spiro atoms. The van der Waals surface area contributed by atoms with E-state index in [1.165, 1.54) is 19.3 Å². The molecule has 2 heterocycles. The molecule has 76 valence electrons. The van der Waals surface area contributed by atoms with Crippen molar-refractivity contribution in [1.82, 2.24) is 10.2 Å². The molecule has 4 nitrogen and oxygen atoms in total. The number of piperidine rings is 1. The number of rotatable bonds is 2. The number of nitrogens with zero attached hydrogens (tertiary/aromatic N) is 3. The van der Waals surface area contributed by atoms with Gasteiger partial charge in [0.05, 0.1) is 19.0 Å². The minimum Gasteiger partial charge on any atom is -0.480 e. The Bertz CT molecular complexity index is 297. The van der Waals surface area contributed by atoms with E-state index in [9.17, 15) is 0 Å². The Morgan fingerprint density at radius 3 is 2.79 bits per heavy atom. The fourth-order valence-corrected chi connectivity index (χ4v) is 1.76. The molecule has 2 rings (SSSR count). The molecule has 4 heteroatoms. The lowest BCUT2D eigenvalue weighted by molar-refractivity contribution is 0.391. The molecular weight excluding hydrogens is 178 g/mol. The van der Waals surface area contributed by atoms with Gasteiger partial charge in [-0.2, -0.15) is 5.10 Å².